The molecule has 2 aromatic carbocycles. The fraction of sp³-hybridized carbons (Fsp3) is 0.300. The molecule has 3 N–H and O–H groups in total. The molecule has 0 aromatic heterocycles. The zero-order valence-electron chi connectivity index (χ0n) is 15.0. The molecule has 0 spiro atoms. The molecule has 0 heterocycles. The van der Waals surface area contributed by atoms with Gasteiger partial charge >= 0.3 is 0 Å². The van der Waals surface area contributed by atoms with Crippen LogP contribution in [0.15, 0.2) is 53.4 Å². The first-order valence-corrected chi connectivity index (χ1v) is 9.03. The van der Waals surface area contributed by atoms with Gasteiger partial charge < -0.3 is 11.1 Å². The highest BCUT2D eigenvalue weighted by atomic mass is 32.2. The third-order valence-electron chi connectivity index (χ3n) is 3.84. The summed E-state index contributed by atoms with van der Waals surface area (Å²) in [5.74, 6) is -0.572. The summed E-state index contributed by atoms with van der Waals surface area (Å²) < 4.78 is 0. The lowest BCUT2D eigenvalue weighted by atomic mass is 9.87. The quantitative estimate of drug-likeness (QED) is 0.789. The molecule has 4 nitrogen and oxygen atoms in total. The van der Waals surface area contributed by atoms with Crippen LogP contribution >= 0.6 is 11.8 Å². The van der Waals surface area contributed by atoms with E-state index in [0.717, 1.165) is 4.90 Å². The minimum absolute atomic E-state index is 0.0864. The Kier molecular flexibility index (Phi) is 5.90. The van der Waals surface area contributed by atoms with Crippen LogP contribution < -0.4 is 11.1 Å². The van der Waals surface area contributed by atoms with Crippen LogP contribution in [0, 0.1) is 0 Å². The van der Waals surface area contributed by atoms with Gasteiger partial charge in [-0.05, 0) is 54.3 Å². The van der Waals surface area contributed by atoms with Crippen molar-refractivity contribution in [3.05, 3.63) is 59.7 Å². The van der Waals surface area contributed by atoms with Crippen molar-refractivity contribution in [1.29, 1.82) is 0 Å². The predicted molar refractivity (Wildman–Crippen MR) is 104 cm³/mol. The van der Waals surface area contributed by atoms with E-state index in [2.05, 4.69) is 50.4 Å². The number of primary amides is 1. The topological polar surface area (TPSA) is 72.2 Å². The van der Waals surface area contributed by atoms with Gasteiger partial charge in [0.1, 0.15) is 0 Å². The Hall–Kier alpha value is -2.27. The van der Waals surface area contributed by atoms with Gasteiger partial charge in [0.2, 0.25) is 11.8 Å². The minimum Gasteiger partial charge on any atom is -0.366 e. The molecular weight excluding hydrogens is 332 g/mol. The Morgan fingerprint density at radius 3 is 2.04 bits per heavy atom. The summed E-state index contributed by atoms with van der Waals surface area (Å²) in [4.78, 5) is 24.5. The van der Waals surface area contributed by atoms with Crippen LogP contribution in [0.2, 0.25) is 0 Å². The Labute approximate surface area is 153 Å². The van der Waals surface area contributed by atoms with Crippen LogP contribution in [0.3, 0.4) is 0 Å². The highest BCUT2D eigenvalue weighted by molar-refractivity contribution is 8.00. The fourth-order valence-corrected chi connectivity index (χ4v) is 3.12. The molecule has 0 unspecified atom stereocenters. The third kappa shape index (κ3) is 5.36. The molecule has 132 valence electrons. The summed E-state index contributed by atoms with van der Waals surface area (Å²) in [6.07, 6.45) is 0. The van der Waals surface area contributed by atoms with E-state index in [0.29, 0.717) is 11.3 Å². The Balaban J connectivity index is 1.96. The van der Waals surface area contributed by atoms with Crippen molar-refractivity contribution >= 4 is 29.3 Å². The van der Waals surface area contributed by atoms with Crippen molar-refractivity contribution in [1.82, 2.24) is 0 Å². The van der Waals surface area contributed by atoms with Crippen molar-refractivity contribution in [2.75, 3.05) is 5.32 Å². The number of rotatable bonds is 5. The second-order valence-electron chi connectivity index (χ2n) is 6.97. The molecule has 1 atom stereocenters. The average molecular weight is 356 g/mol. The lowest BCUT2D eigenvalue weighted by Gasteiger charge is -2.19. The van der Waals surface area contributed by atoms with Gasteiger partial charge in [0.05, 0.1) is 5.25 Å². The van der Waals surface area contributed by atoms with Crippen molar-refractivity contribution in [2.24, 2.45) is 5.73 Å². The van der Waals surface area contributed by atoms with E-state index in [4.69, 9.17) is 5.73 Å². The standard InChI is InChI=1S/C20H24N2O2S/c1-13(25-17-11-7-15(8-12-17)20(2,3)4)19(24)22-16-9-5-14(6-10-16)18(21)23/h5-13H,1-4H3,(H2,21,23)(H,22,24)/t13-/m0/s1. The van der Waals surface area contributed by atoms with Crippen LogP contribution in [0.5, 0.6) is 0 Å². The number of anilines is 1. The maximum absolute atomic E-state index is 12.3. The first kappa shape index (κ1) is 19.1. The molecule has 5 heteroatoms. The van der Waals surface area contributed by atoms with E-state index in [-0.39, 0.29) is 16.6 Å². The lowest BCUT2D eigenvalue weighted by Crippen LogP contribution is -2.22. The van der Waals surface area contributed by atoms with E-state index in [1.807, 2.05) is 6.92 Å². The largest absolute Gasteiger partial charge is 0.366 e. The minimum atomic E-state index is -0.486. The summed E-state index contributed by atoms with van der Waals surface area (Å²) in [6.45, 7) is 8.40. The average Bonchev–Trinajstić information content (AvgIpc) is 2.55. The van der Waals surface area contributed by atoms with Gasteiger partial charge in [-0.1, -0.05) is 32.9 Å². The second kappa shape index (κ2) is 7.74. The number of thioether (sulfide) groups is 1. The van der Waals surface area contributed by atoms with Gasteiger partial charge in [-0.3, -0.25) is 9.59 Å². The lowest BCUT2D eigenvalue weighted by molar-refractivity contribution is -0.115. The molecule has 2 rings (SSSR count). The second-order valence-corrected chi connectivity index (χ2v) is 8.38. The van der Waals surface area contributed by atoms with E-state index in [9.17, 15) is 9.59 Å². The Morgan fingerprint density at radius 1 is 1.00 bits per heavy atom. The summed E-state index contributed by atoms with van der Waals surface area (Å²) in [5, 5.41) is 2.61. The van der Waals surface area contributed by atoms with E-state index >= 15 is 0 Å². The van der Waals surface area contributed by atoms with Gasteiger partial charge in [0.25, 0.3) is 0 Å². The zero-order valence-corrected chi connectivity index (χ0v) is 15.8. The van der Waals surface area contributed by atoms with Crippen molar-refractivity contribution in [3.63, 3.8) is 0 Å². The van der Waals surface area contributed by atoms with Gasteiger partial charge in [-0.15, -0.1) is 11.8 Å². The Bertz CT molecular complexity index is 747. The number of amides is 2. The van der Waals surface area contributed by atoms with Crippen LogP contribution in [-0.2, 0) is 10.2 Å². The van der Waals surface area contributed by atoms with E-state index < -0.39 is 5.91 Å². The summed E-state index contributed by atoms with van der Waals surface area (Å²) >= 11 is 1.51. The molecule has 25 heavy (non-hydrogen) atoms. The molecule has 2 amide bonds. The van der Waals surface area contributed by atoms with Crippen molar-refractivity contribution < 1.29 is 9.59 Å². The number of nitrogens with one attached hydrogen (secondary N) is 1. The van der Waals surface area contributed by atoms with Crippen LogP contribution in [0.4, 0.5) is 5.69 Å². The summed E-state index contributed by atoms with van der Waals surface area (Å²) in [6, 6.07) is 14.9. The maximum Gasteiger partial charge on any atom is 0.248 e. The maximum atomic E-state index is 12.3. The van der Waals surface area contributed by atoms with Crippen LogP contribution in [0.25, 0.3) is 0 Å². The molecule has 0 saturated heterocycles. The van der Waals surface area contributed by atoms with Gasteiger partial charge in [0, 0.05) is 16.1 Å². The fourth-order valence-electron chi connectivity index (χ4n) is 2.25. The Morgan fingerprint density at radius 2 is 1.56 bits per heavy atom. The predicted octanol–water partition coefficient (Wildman–Crippen LogP) is 4.20. The van der Waals surface area contributed by atoms with Gasteiger partial charge in [0.15, 0.2) is 0 Å². The normalized spacial score (nSPS) is 12.5. The SMILES string of the molecule is C[C@H](Sc1ccc(C(C)(C)C)cc1)C(=O)Nc1ccc(C(N)=O)cc1. The monoisotopic (exact) mass is 356 g/mol. The van der Waals surface area contributed by atoms with Gasteiger partial charge in [-0.2, -0.15) is 0 Å². The molecule has 0 aliphatic heterocycles. The van der Waals surface area contributed by atoms with Crippen LogP contribution in [0.1, 0.15) is 43.6 Å². The summed E-state index contributed by atoms with van der Waals surface area (Å²) in [5.41, 5.74) is 7.65. The number of hydrogen-bond acceptors (Lipinski definition) is 3. The molecule has 0 fully saturated rings. The van der Waals surface area contributed by atoms with Gasteiger partial charge in [-0.25, -0.2) is 0 Å². The number of carbonyl (C=O) groups is 2. The highest BCUT2D eigenvalue weighted by Gasteiger charge is 2.16. The number of benzene rings is 2. The van der Waals surface area contributed by atoms with Crippen molar-refractivity contribution in [2.45, 2.75) is 43.3 Å². The molecular formula is C20H24N2O2S. The molecule has 0 bridgehead atoms. The molecule has 0 radical (unpaired) electrons. The first-order valence-electron chi connectivity index (χ1n) is 8.15. The first-order chi connectivity index (χ1) is 11.7. The molecule has 0 saturated carbocycles. The van der Waals surface area contributed by atoms with E-state index in [1.165, 1.54) is 17.3 Å². The van der Waals surface area contributed by atoms with E-state index in [1.54, 1.807) is 24.3 Å². The zero-order chi connectivity index (χ0) is 18.6. The molecule has 2 aromatic rings. The van der Waals surface area contributed by atoms with Crippen molar-refractivity contribution in [3.8, 4) is 0 Å². The number of carbonyl (C=O) groups excluding carboxylic acids is 2. The summed E-state index contributed by atoms with van der Waals surface area (Å²) in [7, 11) is 0. The highest BCUT2D eigenvalue weighted by Crippen LogP contribution is 2.28. The third-order valence-corrected chi connectivity index (χ3v) is 4.95. The number of hydrogen-bond donors (Lipinski definition) is 2. The molecule has 0 aliphatic rings. The molecule has 0 aliphatic carbocycles. The smallest absolute Gasteiger partial charge is 0.248 e. The van der Waals surface area contributed by atoms with Crippen LogP contribution in [-0.4, -0.2) is 17.1 Å². The number of nitrogens with two attached hydrogens (primary N) is 1.